The molecule has 0 rings (SSSR count). The quantitative estimate of drug-likeness (QED) is 0.0271. The molecule has 0 aromatic carbocycles. The summed E-state index contributed by atoms with van der Waals surface area (Å²) in [5, 5.41) is 71.4. The molecule has 33 nitrogen and oxygen atoms in total. The number of rotatable bonds is 40. The number of carboxylic acids is 3. The van der Waals surface area contributed by atoms with Crippen molar-refractivity contribution in [2.45, 2.75) is 187 Å². The fourth-order valence-electron chi connectivity index (χ4n) is 7.59. The van der Waals surface area contributed by atoms with Crippen molar-refractivity contribution in [2.24, 2.45) is 40.9 Å². The Labute approximate surface area is 479 Å². The number of hydrogen-bond acceptors (Lipinski definition) is 18. The third-order valence-corrected chi connectivity index (χ3v) is 12.3. The Morgan fingerprint density at radius 3 is 1.16 bits per heavy atom. The molecule has 470 valence electrons. The van der Waals surface area contributed by atoms with Gasteiger partial charge in [0.05, 0.1) is 25.3 Å². The summed E-state index contributed by atoms with van der Waals surface area (Å²) in [6.07, 6.45) is -5.84. The molecule has 0 aromatic rings. The van der Waals surface area contributed by atoms with Gasteiger partial charge in [0.1, 0.15) is 54.4 Å². The third kappa shape index (κ3) is 29.0. The van der Waals surface area contributed by atoms with Crippen molar-refractivity contribution in [1.82, 2.24) is 53.2 Å². The Morgan fingerprint density at radius 1 is 0.398 bits per heavy atom. The first kappa shape index (κ1) is 74.9. The van der Waals surface area contributed by atoms with Crippen LogP contribution >= 0.6 is 0 Å². The number of nitrogens with two attached hydrogens (primary N) is 3. The van der Waals surface area contributed by atoms with Crippen LogP contribution in [-0.2, 0) is 71.9 Å². The van der Waals surface area contributed by atoms with Gasteiger partial charge in [-0.2, -0.15) is 0 Å². The van der Waals surface area contributed by atoms with Gasteiger partial charge in [0.25, 0.3) is 0 Å². The molecule has 0 saturated carbocycles. The third-order valence-electron chi connectivity index (χ3n) is 12.3. The zero-order valence-electron chi connectivity index (χ0n) is 48.0. The topological polar surface area (TPSA) is 556 Å². The number of amides is 12. The van der Waals surface area contributed by atoms with Gasteiger partial charge in [-0.05, 0) is 62.7 Å². The van der Waals surface area contributed by atoms with E-state index in [1.54, 1.807) is 27.7 Å². The number of carbonyl (C=O) groups excluding carboxylic acids is 12. The number of aliphatic carboxylic acids is 3. The van der Waals surface area contributed by atoms with Gasteiger partial charge in [-0.3, -0.25) is 71.9 Å². The number of carbonyl (C=O) groups is 15. The van der Waals surface area contributed by atoms with E-state index in [-0.39, 0.29) is 18.8 Å². The second kappa shape index (κ2) is 37.1. The fraction of sp³-hybridized carbons (Fsp3) is 0.700. The van der Waals surface area contributed by atoms with E-state index in [9.17, 15) is 92.3 Å². The van der Waals surface area contributed by atoms with Crippen molar-refractivity contribution in [3.8, 4) is 0 Å². The summed E-state index contributed by atoms with van der Waals surface area (Å²) < 4.78 is 0. The lowest BCUT2D eigenvalue weighted by Gasteiger charge is -2.28. The number of aliphatic hydroxyl groups excluding tert-OH is 2. The van der Waals surface area contributed by atoms with Gasteiger partial charge in [-0.15, -0.1) is 0 Å². The van der Waals surface area contributed by atoms with Gasteiger partial charge in [-0.1, -0.05) is 55.4 Å². The summed E-state index contributed by atoms with van der Waals surface area (Å²) in [5.74, 6) is -18.6. The summed E-state index contributed by atoms with van der Waals surface area (Å²) in [6.45, 7) is 11.6. The highest BCUT2D eigenvalue weighted by Crippen LogP contribution is 2.12. The Balaban J connectivity index is 6.27. The molecule has 0 radical (unpaired) electrons. The first-order valence-electron chi connectivity index (χ1n) is 26.7. The average Bonchev–Trinajstić information content (AvgIpc) is 3.44. The van der Waals surface area contributed by atoms with Crippen LogP contribution in [-0.4, -0.2) is 194 Å². The molecule has 0 fully saturated rings. The highest BCUT2D eigenvalue weighted by Gasteiger charge is 2.37. The summed E-state index contributed by atoms with van der Waals surface area (Å²) >= 11 is 0. The summed E-state index contributed by atoms with van der Waals surface area (Å²) in [7, 11) is 0. The van der Waals surface area contributed by atoms with Crippen molar-refractivity contribution >= 4 is 88.8 Å². The first-order valence-corrected chi connectivity index (χ1v) is 26.7. The molecule has 0 aliphatic rings. The molecule has 12 amide bonds. The van der Waals surface area contributed by atoms with Crippen LogP contribution in [0.4, 0.5) is 0 Å². The smallest absolute Gasteiger partial charge is 0.303 e. The molecule has 83 heavy (non-hydrogen) atoms. The SMILES string of the molecule is CC(C)C[C@H](NC(=O)[C@H](CCC(N)=O)NC(=O)[C@H](CO)NC(=O)[C@@H](NC(=O)CNC(=O)[C@@H](NC(=O)[C@@H](NC(=O)[C@H](CCC(=O)O)NC(=O)[C@@H](N)CCC(=O)O)[C@@H](C)O)C(C)C)C(C)C)C(=O)N[C@@H](CCC(=O)O)C(=O)N[C@H](C(N)=O)C(C)C. The van der Waals surface area contributed by atoms with Crippen LogP contribution in [0, 0.1) is 23.7 Å². The van der Waals surface area contributed by atoms with E-state index in [0.29, 0.717) is 0 Å². The second-order valence-electron chi connectivity index (χ2n) is 21.1. The fourth-order valence-corrected chi connectivity index (χ4v) is 7.59. The Kier molecular flexibility index (Phi) is 33.5. The molecule has 0 heterocycles. The number of aliphatic hydroxyl groups is 2. The van der Waals surface area contributed by atoms with E-state index in [1.807, 2.05) is 0 Å². The van der Waals surface area contributed by atoms with Gasteiger partial charge < -0.3 is 95.9 Å². The maximum atomic E-state index is 13.9. The van der Waals surface area contributed by atoms with Gasteiger partial charge in [0.15, 0.2) is 0 Å². The predicted molar refractivity (Wildman–Crippen MR) is 289 cm³/mol. The van der Waals surface area contributed by atoms with Crippen molar-refractivity contribution < 1.29 is 97.5 Å². The van der Waals surface area contributed by atoms with Crippen LogP contribution in [0.5, 0.6) is 0 Å². The molecule has 0 bridgehead atoms. The zero-order chi connectivity index (χ0) is 64.2. The van der Waals surface area contributed by atoms with Crippen molar-refractivity contribution in [3.63, 3.8) is 0 Å². The number of carboxylic acid groups (broad SMARTS) is 3. The van der Waals surface area contributed by atoms with Crippen LogP contribution in [0.3, 0.4) is 0 Å². The Hall–Kier alpha value is -8.07. The van der Waals surface area contributed by atoms with Crippen LogP contribution in [0.25, 0.3) is 0 Å². The van der Waals surface area contributed by atoms with Crippen molar-refractivity contribution in [1.29, 1.82) is 0 Å². The molecule has 0 saturated heterocycles. The average molecular weight is 1190 g/mol. The van der Waals surface area contributed by atoms with Gasteiger partial charge >= 0.3 is 17.9 Å². The van der Waals surface area contributed by atoms with E-state index in [4.69, 9.17) is 22.3 Å². The molecule has 0 unspecified atom stereocenters. The lowest BCUT2D eigenvalue weighted by atomic mass is 10.00. The van der Waals surface area contributed by atoms with E-state index in [1.165, 1.54) is 27.7 Å². The van der Waals surface area contributed by atoms with E-state index >= 15 is 0 Å². The summed E-state index contributed by atoms with van der Waals surface area (Å²) in [6, 6.07) is -15.5. The van der Waals surface area contributed by atoms with Crippen molar-refractivity contribution in [3.05, 3.63) is 0 Å². The molecule has 0 aliphatic carbocycles. The number of hydrogen-bond donors (Lipinski definition) is 18. The highest BCUT2D eigenvalue weighted by atomic mass is 16.4. The molecule has 21 N–H and O–H groups in total. The Bertz CT molecular complexity index is 2320. The Morgan fingerprint density at radius 2 is 0.747 bits per heavy atom. The zero-order valence-corrected chi connectivity index (χ0v) is 48.0. The lowest BCUT2D eigenvalue weighted by Crippen LogP contribution is -2.61. The van der Waals surface area contributed by atoms with Crippen LogP contribution in [0.15, 0.2) is 0 Å². The number of primary amides is 2. The molecular formula is C50H85N13O20. The predicted octanol–water partition coefficient (Wildman–Crippen LogP) is -6.47. The van der Waals surface area contributed by atoms with Gasteiger partial charge in [0, 0.05) is 25.7 Å². The molecule has 0 spiro atoms. The highest BCUT2D eigenvalue weighted by molar-refractivity contribution is 5.99. The van der Waals surface area contributed by atoms with Crippen LogP contribution < -0.4 is 70.4 Å². The van der Waals surface area contributed by atoms with Crippen molar-refractivity contribution in [2.75, 3.05) is 13.2 Å². The molecule has 0 aliphatic heterocycles. The second-order valence-corrected chi connectivity index (χ2v) is 21.1. The standard InChI is InChI=1S/C50H85N13O20/c1-21(2)18-30(46(79)56-29(13-17-36(72)73)44(77)61-37(22(3)4)41(53)74)58-43(76)27(11-14-32(52)66)57-47(80)31(20-64)59-49(82)39(24(7)8)60-33(67)19-54-48(81)38(23(5)6)62-50(83)40(25(9)65)63-45(78)28(12-16-35(70)71)55-42(75)26(51)10-15-34(68)69/h21-31,37-40,64-65H,10-20,51H2,1-9H3,(H2,52,66)(H2,53,74)(H,54,81)(H,55,75)(H,56,79)(H,57,80)(H,58,76)(H,59,82)(H,60,67)(H,61,77)(H,62,83)(H,63,78)(H,68,69)(H,70,71)(H,72,73)/t25-,26+,27+,28+,29+,30+,31+,37+,38+,39+,40+/m1/s1. The van der Waals surface area contributed by atoms with Crippen LogP contribution in [0.1, 0.15) is 120 Å². The van der Waals surface area contributed by atoms with Crippen LogP contribution in [0.2, 0.25) is 0 Å². The summed E-state index contributed by atoms with van der Waals surface area (Å²) in [4.78, 5) is 192. The van der Waals surface area contributed by atoms with Gasteiger partial charge in [-0.25, -0.2) is 0 Å². The maximum Gasteiger partial charge on any atom is 0.303 e. The first-order chi connectivity index (χ1) is 38.4. The molecule has 11 atom stereocenters. The molecular weight excluding hydrogens is 1100 g/mol. The summed E-state index contributed by atoms with van der Waals surface area (Å²) in [5.41, 5.74) is 16.5. The molecule has 0 aromatic heterocycles. The number of nitrogens with one attached hydrogen (secondary N) is 10. The normalized spacial score (nSPS) is 15.2. The largest absolute Gasteiger partial charge is 0.481 e. The van der Waals surface area contributed by atoms with Gasteiger partial charge in [0.2, 0.25) is 70.9 Å². The minimum absolute atomic E-state index is 0.0951. The van der Waals surface area contributed by atoms with E-state index in [0.717, 1.165) is 6.92 Å². The minimum atomic E-state index is -1.84. The lowest BCUT2D eigenvalue weighted by molar-refractivity contribution is -0.140. The van der Waals surface area contributed by atoms with E-state index in [2.05, 4.69) is 53.2 Å². The monoisotopic (exact) mass is 1190 g/mol. The molecule has 33 heteroatoms. The van der Waals surface area contributed by atoms with E-state index < -0.39 is 231 Å². The minimum Gasteiger partial charge on any atom is -0.481 e. The maximum absolute atomic E-state index is 13.9.